The first-order chi connectivity index (χ1) is 9.23. The Labute approximate surface area is 113 Å². The summed E-state index contributed by atoms with van der Waals surface area (Å²) in [6.45, 7) is -0.605. The molecule has 2 rings (SSSR count). The zero-order valence-corrected chi connectivity index (χ0v) is 10.9. The van der Waals surface area contributed by atoms with Gasteiger partial charge >= 0.3 is 5.97 Å². The molecule has 1 saturated heterocycles. The lowest BCUT2D eigenvalue weighted by molar-refractivity contribution is 0.0572. The van der Waals surface area contributed by atoms with Crippen LogP contribution in [-0.2, 0) is 10.0 Å². The molecule has 3 N–H and O–H groups in total. The molecule has 1 aromatic rings. The fourth-order valence-electron chi connectivity index (χ4n) is 1.91. The van der Waals surface area contributed by atoms with Gasteiger partial charge in [-0.15, -0.1) is 0 Å². The number of β-amino-alcohol motifs (C(OH)–C–C–N with tert-alkyl or cyclic N) is 2. The van der Waals surface area contributed by atoms with Gasteiger partial charge in [0.05, 0.1) is 22.7 Å². The van der Waals surface area contributed by atoms with E-state index in [2.05, 4.69) is 0 Å². The van der Waals surface area contributed by atoms with Crippen molar-refractivity contribution in [2.75, 3.05) is 13.1 Å². The van der Waals surface area contributed by atoms with Crippen molar-refractivity contribution in [3.8, 4) is 0 Å². The molecular weight excluding hydrogens is 293 g/mol. The zero-order valence-electron chi connectivity index (χ0n) is 10.1. The highest BCUT2D eigenvalue weighted by atomic mass is 32.2. The van der Waals surface area contributed by atoms with Gasteiger partial charge in [-0.2, -0.15) is 4.31 Å². The molecule has 1 heterocycles. The summed E-state index contributed by atoms with van der Waals surface area (Å²) < 4.78 is 38.5. The summed E-state index contributed by atoms with van der Waals surface area (Å²) in [4.78, 5) is 10.4. The fraction of sp³-hybridized carbons (Fsp3) is 0.364. The molecule has 0 aliphatic carbocycles. The summed E-state index contributed by atoms with van der Waals surface area (Å²) >= 11 is 0. The SMILES string of the molecule is O=C(O)c1cc(S(=O)(=O)N2CC(O)C(O)C2)ccc1F. The van der Waals surface area contributed by atoms with Crippen molar-refractivity contribution in [1.29, 1.82) is 0 Å². The van der Waals surface area contributed by atoms with Crippen molar-refractivity contribution in [3.05, 3.63) is 29.6 Å². The van der Waals surface area contributed by atoms with Crippen LogP contribution in [0.3, 0.4) is 0 Å². The van der Waals surface area contributed by atoms with Crippen molar-refractivity contribution in [2.24, 2.45) is 0 Å². The minimum absolute atomic E-state index is 0.302. The van der Waals surface area contributed by atoms with E-state index < -0.39 is 44.5 Å². The molecule has 0 spiro atoms. The predicted molar refractivity (Wildman–Crippen MR) is 64.1 cm³/mol. The number of carbonyl (C=O) groups is 1. The number of nitrogens with zero attached hydrogens (tertiary/aromatic N) is 1. The van der Waals surface area contributed by atoms with Gasteiger partial charge in [-0.3, -0.25) is 0 Å². The Bertz CT molecular complexity index is 636. The average molecular weight is 305 g/mol. The van der Waals surface area contributed by atoms with Crippen molar-refractivity contribution in [2.45, 2.75) is 17.1 Å². The van der Waals surface area contributed by atoms with Gasteiger partial charge in [-0.1, -0.05) is 0 Å². The van der Waals surface area contributed by atoms with Gasteiger partial charge in [-0.05, 0) is 18.2 Å². The number of aromatic carboxylic acids is 1. The highest BCUT2D eigenvalue weighted by molar-refractivity contribution is 7.89. The van der Waals surface area contributed by atoms with E-state index in [9.17, 15) is 27.8 Å². The van der Waals surface area contributed by atoms with E-state index in [0.29, 0.717) is 6.07 Å². The molecule has 0 radical (unpaired) electrons. The number of benzene rings is 1. The van der Waals surface area contributed by atoms with Crippen LogP contribution in [0.4, 0.5) is 4.39 Å². The summed E-state index contributed by atoms with van der Waals surface area (Å²) in [5, 5.41) is 27.5. The van der Waals surface area contributed by atoms with Gasteiger partial charge in [0.1, 0.15) is 5.82 Å². The maximum Gasteiger partial charge on any atom is 0.338 e. The van der Waals surface area contributed by atoms with E-state index in [1.807, 2.05) is 0 Å². The van der Waals surface area contributed by atoms with Crippen LogP contribution in [0.15, 0.2) is 23.1 Å². The molecule has 7 nitrogen and oxygen atoms in total. The van der Waals surface area contributed by atoms with Crippen molar-refractivity contribution in [3.63, 3.8) is 0 Å². The Balaban J connectivity index is 2.40. The van der Waals surface area contributed by atoms with Crippen LogP contribution in [0.25, 0.3) is 0 Å². The Morgan fingerprint density at radius 2 is 1.80 bits per heavy atom. The summed E-state index contributed by atoms with van der Waals surface area (Å²) in [6.07, 6.45) is -2.41. The van der Waals surface area contributed by atoms with Gasteiger partial charge in [-0.25, -0.2) is 17.6 Å². The summed E-state index contributed by atoms with van der Waals surface area (Å²) in [5.74, 6) is -2.63. The molecule has 0 bridgehead atoms. The molecule has 1 aliphatic heterocycles. The Kier molecular flexibility index (Phi) is 3.78. The molecule has 2 unspecified atom stereocenters. The topological polar surface area (TPSA) is 115 Å². The highest BCUT2D eigenvalue weighted by Gasteiger charge is 2.37. The molecular formula is C11H12FNO6S. The Hall–Kier alpha value is -1.55. The molecule has 20 heavy (non-hydrogen) atoms. The monoisotopic (exact) mass is 305 g/mol. The van der Waals surface area contributed by atoms with E-state index in [4.69, 9.17) is 5.11 Å². The number of aliphatic hydroxyl groups is 2. The highest BCUT2D eigenvalue weighted by Crippen LogP contribution is 2.23. The predicted octanol–water partition coefficient (Wildman–Crippen LogP) is -0.750. The van der Waals surface area contributed by atoms with E-state index >= 15 is 0 Å². The van der Waals surface area contributed by atoms with Crippen molar-refractivity contribution < 1.29 is 32.9 Å². The van der Waals surface area contributed by atoms with E-state index in [-0.39, 0.29) is 13.1 Å². The Morgan fingerprint density at radius 1 is 1.25 bits per heavy atom. The van der Waals surface area contributed by atoms with E-state index in [0.717, 1.165) is 16.4 Å². The van der Waals surface area contributed by atoms with Crippen molar-refractivity contribution in [1.82, 2.24) is 4.31 Å². The molecule has 2 atom stereocenters. The summed E-state index contributed by atoms with van der Waals surface area (Å²) in [7, 11) is -4.09. The van der Waals surface area contributed by atoms with Gasteiger partial charge in [0, 0.05) is 13.1 Å². The van der Waals surface area contributed by atoms with E-state index in [1.165, 1.54) is 0 Å². The van der Waals surface area contributed by atoms with Crippen LogP contribution in [0.1, 0.15) is 10.4 Å². The maximum absolute atomic E-state index is 13.2. The molecule has 1 fully saturated rings. The summed E-state index contributed by atoms with van der Waals surface area (Å²) in [6, 6.07) is 2.40. The van der Waals surface area contributed by atoms with E-state index in [1.54, 1.807) is 0 Å². The molecule has 1 aromatic carbocycles. The number of carboxylic acids is 1. The number of rotatable bonds is 3. The molecule has 0 amide bonds. The second-order valence-electron chi connectivity index (χ2n) is 4.40. The standard InChI is InChI=1S/C11H12FNO6S/c12-8-2-1-6(3-7(8)11(16)17)20(18,19)13-4-9(14)10(15)5-13/h1-3,9-10,14-15H,4-5H2,(H,16,17). The van der Waals surface area contributed by atoms with Crippen LogP contribution < -0.4 is 0 Å². The lowest BCUT2D eigenvalue weighted by Crippen LogP contribution is -2.30. The average Bonchev–Trinajstić information content (AvgIpc) is 2.70. The Morgan fingerprint density at radius 3 is 2.30 bits per heavy atom. The van der Waals surface area contributed by atoms with Crippen LogP contribution in [-0.4, -0.2) is 59.3 Å². The number of aliphatic hydroxyl groups excluding tert-OH is 2. The minimum atomic E-state index is -4.09. The fourth-order valence-corrected chi connectivity index (χ4v) is 3.41. The maximum atomic E-state index is 13.2. The molecule has 0 saturated carbocycles. The first-order valence-electron chi connectivity index (χ1n) is 5.62. The number of sulfonamides is 1. The van der Waals surface area contributed by atoms with Gasteiger partial charge in [0.25, 0.3) is 0 Å². The number of halogens is 1. The smallest absolute Gasteiger partial charge is 0.338 e. The molecule has 110 valence electrons. The first-order valence-corrected chi connectivity index (χ1v) is 7.06. The van der Waals surface area contributed by atoms with Gasteiger partial charge in [0.2, 0.25) is 10.0 Å². The molecule has 9 heteroatoms. The normalized spacial score (nSPS) is 23.9. The summed E-state index contributed by atoms with van der Waals surface area (Å²) in [5.41, 5.74) is -0.758. The third-order valence-electron chi connectivity index (χ3n) is 3.03. The second-order valence-corrected chi connectivity index (χ2v) is 6.34. The lowest BCUT2D eigenvalue weighted by Gasteiger charge is -2.15. The second kappa shape index (κ2) is 5.09. The number of hydrogen-bond acceptors (Lipinski definition) is 5. The third kappa shape index (κ3) is 2.52. The first kappa shape index (κ1) is 14.9. The number of hydrogen-bond donors (Lipinski definition) is 3. The van der Waals surface area contributed by atoms with Gasteiger partial charge in [0.15, 0.2) is 0 Å². The lowest BCUT2D eigenvalue weighted by atomic mass is 10.2. The zero-order chi connectivity index (χ0) is 15.1. The quantitative estimate of drug-likeness (QED) is 0.677. The van der Waals surface area contributed by atoms with Crippen molar-refractivity contribution >= 4 is 16.0 Å². The van der Waals surface area contributed by atoms with Crippen LogP contribution in [0.5, 0.6) is 0 Å². The number of carboxylic acid groups (broad SMARTS) is 1. The minimum Gasteiger partial charge on any atom is -0.478 e. The molecule has 0 aromatic heterocycles. The van der Waals surface area contributed by atoms with Crippen LogP contribution in [0.2, 0.25) is 0 Å². The largest absolute Gasteiger partial charge is 0.478 e. The van der Waals surface area contributed by atoms with Crippen LogP contribution >= 0.6 is 0 Å². The van der Waals surface area contributed by atoms with Crippen LogP contribution in [0, 0.1) is 5.82 Å². The molecule has 1 aliphatic rings. The van der Waals surface area contributed by atoms with Gasteiger partial charge < -0.3 is 15.3 Å². The third-order valence-corrected chi connectivity index (χ3v) is 4.86.